The Bertz CT molecular complexity index is 412. The highest BCUT2D eigenvalue weighted by atomic mass is 15.1. The van der Waals surface area contributed by atoms with Gasteiger partial charge in [0.1, 0.15) is 5.82 Å². The topological polar surface area (TPSA) is 76.7 Å². The predicted molar refractivity (Wildman–Crippen MR) is 58.0 cm³/mol. The molecule has 0 unspecified atom stereocenters. The van der Waals surface area contributed by atoms with E-state index >= 15 is 0 Å². The largest absolute Gasteiger partial charge is 0.397 e. The molecule has 0 amide bonds. The second-order valence-corrected chi connectivity index (χ2v) is 3.05. The summed E-state index contributed by atoms with van der Waals surface area (Å²) < 4.78 is 0. The molecule has 2 rings (SSSR count). The van der Waals surface area contributed by atoms with Crippen LogP contribution in [0.25, 0.3) is 0 Å². The number of hydrogen-bond acceptors (Lipinski definition) is 5. The number of anilines is 2. The van der Waals surface area contributed by atoms with E-state index in [-0.39, 0.29) is 0 Å². The molecule has 0 radical (unpaired) electrons. The lowest BCUT2D eigenvalue weighted by Crippen LogP contribution is -2.03. The number of pyridine rings is 1. The van der Waals surface area contributed by atoms with Crippen LogP contribution in [0.3, 0.4) is 0 Å². The molecule has 0 aromatic carbocycles. The summed E-state index contributed by atoms with van der Waals surface area (Å²) in [4.78, 5) is 4.11. The van der Waals surface area contributed by atoms with Crippen molar-refractivity contribution in [3.05, 3.63) is 42.4 Å². The van der Waals surface area contributed by atoms with Gasteiger partial charge in [0.15, 0.2) is 0 Å². The Morgan fingerprint density at radius 1 is 1.27 bits per heavy atom. The average molecular weight is 201 g/mol. The van der Waals surface area contributed by atoms with Gasteiger partial charge in [0.25, 0.3) is 0 Å². The first-order chi connectivity index (χ1) is 7.34. The van der Waals surface area contributed by atoms with E-state index in [0.29, 0.717) is 12.2 Å². The van der Waals surface area contributed by atoms with Gasteiger partial charge in [0.2, 0.25) is 0 Å². The van der Waals surface area contributed by atoms with Gasteiger partial charge in [0, 0.05) is 6.20 Å². The minimum Gasteiger partial charge on any atom is -0.397 e. The fourth-order valence-electron chi connectivity index (χ4n) is 1.12. The summed E-state index contributed by atoms with van der Waals surface area (Å²) in [6.07, 6.45) is 3.25. The van der Waals surface area contributed by atoms with Crippen LogP contribution >= 0.6 is 0 Å². The van der Waals surface area contributed by atoms with Crippen molar-refractivity contribution in [2.45, 2.75) is 6.54 Å². The maximum Gasteiger partial charge on any atom is 0.126 e. The average Bonchev–Trinajstić information content (AvgIpc) is 2.30. The highest BCUT2D eigenvalue weighted by Gasteiger charge is 1.95. The van der Waals surface area contributed by atoms with Crippen molar-refractivity contribution in [3.63, 3.8) is 0 Å². The summed E-state index contributed by atoms with van der Waals surface area (Å²) in [6, 6.07) is 7.37. The Labute approximate surface area is 87.4 Å². The highest BCUT2D eigenvalue weighted by molar-refractivity contribution is 5.43. The van der Waals surface area contributed by atoms with E-state index < -0.39 is 0 Å². The highest BCUT2D eigenvalue weighted by Crippen LogP contribution is 2.06. The summed E-state index contributed by atoms with van der Waals surface area (Å²) in [5.74, 6) is 0.773. The molecular formula is C10H11N5. The smallest absolute Gasteiger partial charge is 0.126 e. The van der Waals surface area contributed by atoms with Crippen molar-refractivity contribution in [2.24, 2.45) is 0 Å². The van der Waals surface area contributed by atoms with Crippen LogP contribution in [0.15, 0.2) is 36.7 Å². The molecule has 2 aromatic heterocycles. The van der Waals surface area contributed by atoms with Gasteiger partial charge >= 0.3 is 0 Å². The SMILES string of the molecule is Nc1ccc(NCc2cccnn2)nc1. The quantitative estimate of drug-likeness (QED) is 0.776. The second-order valence-electron chi connectivity index (χ2n) is 3.05. The van der Waals surface area contributed by atoms with Crippen molar-refractivity contribution in [3.8, 4) is 0 Å². The number of nitrogens with zero attached hydrogens (tertiary/aromatic N) is 3. The molecule has 15 heavy (non-hydrogen) atoms. The van der Waals surface area contributed by atoms with Gasteiger partial charge in [-0.2, -0.15) is 10.2 Å². The van der Waals surface area contributed by atoms with Gasteiger partial charge in [-0.1, -0.05) is 0 Å². The summed E-state index contributed by atoms with van der Waals surface area (Å²) in [5.41, 5.74) is 7.05. The lowest BCUT2D eigenvalue weighted by atomic mass is 10.3. The van der Waals surface area contributed by atoms with Crippen LogP contribution in [0.4, 0.5) is 11.5 Å². The molecule has 3 N–H and O–H groups in total. The third-order valence-corrected chi connectivity index (χ3v) is 1.86. The fraction of sp³-hybridized carbons (Fsp3) is 0.100. The number of nitrogen functional groups attached to an aromatic ring is 1. The molecule has 0 fully saturated rings. The van der Waals surface area contributed by atoms with E-state index in [9.17, 15) is 0 Å². The van der Waals surface area contributed by atoms with Crippen LogP contribution in [-0.4, -0.2) is 15.2 Å². The van der Waals surface area contributed by atoms with Crippen molar-refractivity contribution in [1.29, 1.82) is 0 Å². The Balaban J connectivity index is 1.96. The van der Waals surface area contributed by atoms with Gasteiger partial charge in [-0.15, -0.1) is 0 Å². The maximum absolute atomic E-state index is 5.52. The van der Waals surface area contributed by atoms with E-state index in [0.717, 1.165) is 11.5 Å². The molecule has 0 aliphatic rings. The lowest BCUT2D eigenvalue weighted by molar-refractivity contribution is 0.921. The maximum atomic E-state index is 5.52. The number of hydrogen-bond donors (Lipinski definition) is 2. The molecule has 0 saturated heterocycles. The van der Waals surface area contributed by atoms with Crippen LogP contribution in [-0.2, 0) is 6.54 Å². The molecule has 2 heterocycles. The lowest BCUT2D eigenvalue weighted by Gasteiger charge is -2.03. The molecule has 76 valence electrons. The minimum absolute atomic E-state index is 0.602. The van der Waals surface area contributed by atoms with Gasteiger partial charge in [-0.05, 0) is 24.3 Å². The third kappa shape index (κ3) is 2.63. The van der Waals surface area contributed by atoms with Gasteiger partial charge in [-0.25, -0.2) is 4.98 Å². The summed E-state index contributed by atoms with van der Waals surface area (Å²) in [6.45, 7) is 0.602. The summed E-state index contributed by atoms with van der Waals surface area (Å²) in [5, 5.41) is 10.8. The van der Waals surface area contributed by atoms with Gasteiger partial charge in [0.05, 0.1) is 24.1 Å². The molecule has 0 saturated carbocycles. The summed E-state index contributed by atoms with van der Waals surface area (Å²) in [7, 11) is 0. The zero-order valence-electron chi connectivity index (χ0n) is 8.09. The Morgan fingerprint density at radius 3 is 2.87 bits per heavy atom. The minimum atomic E-state index is 0.602. The van der Waals surface area contributed by atoms with Crippen LogP contribution in [0.5, 0.6) is 0 Å². The third-order valence-electron chi connectivity index (χ3n) is 1.86. The first kappa shape index (κ1) is 9.39. The molecule has 5 heteroatoms. The van der Waals surface area contributed by atoms with E-state index in [1.54, 1.807) is 18.5 Å². The fourth-order valence-corrected chi connectivity index (χ4v) is 1.12. The number of aromatic nitrogens is 3. The molecular weight excluding hydrogens is 190 g/mol. The zero-order valence-corrected chi connectivity index (χ0v) is 8.09. The zero-order chi connectivity index (χ0) is 10.5. The normalized spacial score (nSPS) is 9.87. The van der Waals surface area contributed by atoms with Crippen molar-refractivity contribution in [2.75, 3.05) is 11.1 Å². The standard InChI is InChI=1S/C10H11N5/c11-8-3-4-10(12-6-8)13-7-9-2-1-5-14-15-9/h1-6H,7,11H2,(H,12,13). The van der Waals surface area contributed by atoms with Crippen molar-refractivity contribution in [1.82, 2.24) is 15.2 Å². The number of rotatable bonds is 3. The van der Waals surface area contributed by atoms with Gasteiger partial charge in [-0.3, -0.25) is 0 Å². The Hall–Kier alpha value is -2.17. The number of nitrogens with two attached hydrogens (primary N) is 1. The number of nitrogens with one attached hydrogen (secondary N) is 1. The molecule has 0 bridgehead atoms. The van der Waals surface area contributed by atoms with Crippen LogP contribution in [0.2, 0.25) is 0 Å². The molecule has 0 aliphatic carbocycles. The molecule has 0 aliphatic heterocycles. The Morgan fingerprint density at radius 2 is 2.20 bits per heavy atom. The monoisotopic (exact) mass is 201 g/mol. The van der Waals surface area contributed by atoms with Crippen molar-refractivity contribution < 1.29 is 0 Å². The van der Waals surface area contributed by atoms with E-state index in [4.69, 9.17) is 5.73 Å². The van der Waals surface area contributed by atoms with Crippen LogP contribution in [0.1, 0.15) is 5.69 Å². The van der Waals surface area contributed by atoms with E-state index in [2.05, 4.69) is 20.5 Å². The van der Waals surface area contributed by atoms with E-state index in [1.165, 1.54) is 0 Å². The van der Waals surface area contributed by atoms with Crippen LogP contribution in [0, 0.1) is 0 Å². The van der Waals surface area contributed by atoms with Crippen LogP contribution < -0.4 is 11.1 Å². The molecule has 5 nitrogen and oxygen atoms in total. The summed E-state index contributed by atoms with van der Waals surface area (Å²) >= 11 is 0. The van der Waals surface area contributed by atoms with E-state index in [1.807, 2.05) is 18.2 Å². The molecule has 2 aromatic rings. The first-order valence-electron chi connectivity index (χ1n) is 4.56. The van der Waals surface area contributed by atoms with Crippen molar-refractivity contribution >= 4 is 11.5 Å². The Kier molecular flexibility index (Phi) is 2.73. The second kappa shape index (κ2) is 4.36. The molecule has 0 spiro atoms. The predicted octanol–water partition coefficient (Wildman–Crippen LogP) is 1.07. The first-order valence-corrected chi connectivity index (χ1v) is 4.56. The van der Waals surface area contributed by atoms with Gasteiger partial charge < -0.3 is 11.1 Å². The molecule has 0 atom stereocenters.